The van der Waals surface area contributed by atoms with Crippen molar-refractivity contribution in [2.75, 3.05) is 7.05 Å². The van der Waals surface area contributed by atoms with Gasteiger partial charge in [-0.3, -0.25) is 4.79 Å². The predicted molar refractivity (Wildman–Crippen MR) is 49.4 cm³/mol. The van der Waals surface area contributed by atoms with Crippen molar-refractivity contribution in [3.8, 4) is 0 Å². The Labute approximate surface area is 78.5 Å². The van der Waals surface area contributed by atoms with E-state index in [1.54, 1.807) is 0 Å². The summed E-state index contributed by atoms with van der Waals surface area (Å²) in [7, 11) is 1.52. The first-order valence-electron chi connectivity index (χ1n) is 4.34. The molecule has 0 saturated heterocycles. The highest BCUT2D eigenvalue weighted by Crippen LogP contribution is 2.13. The highest BCUT2D eigenvalue weighted by atomic mass is 16.4. The number of aliphatic carboxylic acids is 1. The minimum Gasteiger partial charge on any atom is -0.480 e. The number of carbonyl (C=O) groups is 2. The first-order valence-corrected chi connectivity index (χ1v) is 4.34. The number of likely N-dealkylation sites (N-methyl/N-ethyl adjacent to an activating group) is 1. The largest absolute Gasteiger partial charge is 0.480 e. The molecule has 0 aliphatic rings. The van der Waals surface area contributed by atoms with Crippen molar-refractivity contribution in [2.45, 2.75) is 39.2 Å². The fraction of sp³-hybridized carbons (Fsp3) is 0.778. The molecule has 0 unspecified atom stereocenters. The van der Waals surface area contributed by atoms with Crippen LogP contribution in [0.4, 0.5) is 0 Å². The van der Waals surface area contributed by atoms with Gasteiger partial charge < -0.3 is 10.0 Å². The summed E-state index contributed by atoms with van der Waals surface area (Å²) >= 11 is 0. The van der Waals surface area contributed by atoms with Crippen molar-refractivity contribution in [2.24, 2.45) is 0 Å². The zero-order chi connectivity index (χ0) is 10.6. The van der Waals surface area contributed by atoms with Crippen LogP contribution in [0.3, 0.4) is 0 Å². The lowest BCUT2D eigenvalue weighted by atomic mass is 10.0. The van der Waals surface area contributed by atoms with Crippen molar-refractivity contribution < 1.29 is 14.7 Å². The molecule has 1 amide bonds. The summed E-state index contributed by atoms with van der Waals surface area (Å²) in [6.45, 7) is 4.92. The third kappa shape index (κ3) is 2.72. The molecule has 4 heteroatoms. The quantitative estimate of drug-likeness (QED) is 0.717. The van der Waals surface area contributed by atoms with E-state index in [1.165, 1.54) is 25.8 Å². The predicted octanol–water partition coefficient (Wildman–Crippen LogP) is 1.11. The third-order valence-electron chi connectivity index (χ3n) is 2.20. The number of nitrogens with zero attached hydrogens (tertiary/aromatic N) is 1. The van der Waals surface area contributed by atoms with Crippen LogP contribution < -0.4 is 0 Å². The smallest absolute Gasteiger partial charge is 0.329 e. The summed E-state index contributed by atoms with van der Waals surface area (Å²) in [4.78, 5) is 23.4. The molecule has 0 spiro atoms. The molecule has 0 aromatic heterocycles. The molecule has 0 aliphatic carbocycles. The summed E-state index contributed by atoms with van der Waals surface area (Å²) in [5.41, 5.74) is -1.12. The Balaban J connectivity index is 4.48. The summed E-state index contributed by atoms with van der Waals surface area (Å²) in [6, 6.07) is 0. The average Bonchev–Trinajstić information content (AvgIpc) is 2.03. The van der Waals surface area contributed by atoms with E-state index in [0.29, 0.717) is 6.42 Å². The molecule has 1 N–H and O–H groups in total. The maximum atomic E-state index is 11.4. The van der Waals surface area contributed by atoms with Gasteiger partial charge in [-0.2, -0.15) is 0 Å². The number of rotatable bonds is 4. The molecule has 13 heavy (non-hydrogen) atoms. The van der Waals surface area contributed by atoms with E-state index in [9.17, 15) is 9.59 Å². The zero-order valence-electron chi connectivity index (χ0n) is 8.63. The second-order valence-electron chi connectivity index (χ2n) is 3.57. The molecular weight excluding hydrogens is 170 g/mol. The van der Waals surface area contributed by atoms with Gasteiger partial charge in [-0.05, 0) is 20.3 Å². The first-order chi connectivity index (χ1) is 5.84. The summed E-state index contributed by atoms with van der Waals surface area (Å²) < 4.78 is 0. The van der Waals surface area contributed by atoms with Gasteiger partial charge >= 0.3 is 5.97 Å². The van der Waals surface area contributed by atoms with Crippen molar-refractivity contribution in [1.29, 1.82) is 0 Å². The molecule has 0 radical (unpaired) electrons. The average molecular weight is 187 g/mol. The van der Waals surface area contributed by atoms with Gasteiger partial charge in [-0.15, -0.1) is 0 Å². The minimum atomic E-state index is -1.12. The molecule has 4 nitrogen and oxygen atoms in total. The molecule has 0 aromatic carbocycles. The van der Waals surface area contributed by atoms with Gasteiger partial charge in [0.25, 0.3) is 0 Å². The Bertz CT molecular complexity index is 211. The molecule has 0 bridgehead atoms. The van der Waals surface area contributed by atoms with Gasteiger partial charge in [0.2, 0.25) is 5.91 Å². The van der Waals surface area contributed by atoms with Crippen LogP contribution in [-0.4, -0.2) is 34.5 Å². The summed E-state index contributed by atoms with van der Waals surface area (Å²) in [5.74, 6) is -1.12. The molecule has 76 valence electrons. The number of carboxylic acids is 1. The fourth-order valence-corrected chi connectivity index (χ4v) is 0.837. The van der Waals surface area contributed by atoms with E-state index in [4.69, 9.17) is 5.11 Å². The maximum absolute atomic E-state index is 11.4. The molecule has 0 saturated carbocycles. The lowest BCUT2D eigenvalue weighted by Gasteiger charge is -2.31. The van der Waals surface area contributed by atoms with E-state index in [0.717, 1.165) is 6.42 Å². The van der Waals surface area contributed by atoms with E-state index < -0.39 is 11.5 Å². The molecule has 0 aliphatic heterocycles. The Kier molecular flexibility index (Phi) is 3.91. The van der Waals surface area contributed by atoms with Crippen molar-refractivity contribution in [3.05, 3.63) is 0 Å². The molecular formula is C9H17NO3. The molecule has 0 aromatic rings. The topological polar surface area (TPSA) is 57.6 Å². The summed E-state index contributed by atoms with van der Waals surface area (Å²) in [6.07, 6.45) is 1.13. The van der Waals surface area contributed by atoms with Gasteiger partial charge in [0.15, 0.2) is 0 Å². The first kappa shape index (κ1) is 11.9. The Morgan fingerprint density at radius 2 is 1.85 bits per heavy atom. The second kappa shape index (κ2) is 4.25. The Morgan fingerprint density at radius 3 is 2.15 bits per heavy atom. The van der Waals surface area contributed by atoms with Gasteiger partial charge in [0.05, 0.1) is 0 Å². The van der Waals surface area contributed by atoms with E-state index in [-0.39, 0.29) is 5.91 Å². The van der Waals surface area contributed by atoms with Gasteiger partial charge in [0, 0.05) is 13.5 Å². The minimum absolute atomic E-state index is 0.130. The normalized spacial score (nSPS) is 11.1. The molecule has 0 heterocycles. The van der Waals surface area contributed by atoms with Gasteiger partial charge in [-0.1, -0.05) is 6.92 Å². The van der Waals surface area contributed by atoms with E-state index in [1.807, 2.05) is 6.92 Å². The number of carbonyl (C=O) groups excluding carboxylic acids is 1. The van der Waals surface area contributed by atoms with E-state index in [2.05, 4.69) is 0 Å². The lowest BCUT2D eigenvalue weighted by molar-refractivity contribution is -0.155. The van der Waals surface area contributed by atoms with Crippen LogP contribution in [0.1, 0.15) is 33.6 Å². The van der Waals surface area contributed by atoms with Crippen LogP contribution in [0.15, 0.2) is 0 Å². The Hall–Kier alpha value is -1.06. The van der Waals surface area contributed by atoms with Crippen molar-refractivity contribution in [3.63, 3.8) is 0 Å². The number of carboxylic acid groups (broad SMARTS) is 1. The number of hydrogen-bond acceptors (Lipinski definition) is 2. The molecule has 0 fully saturated rings. The standard InChI is InChI=1S/C9H17NO3/c1-5-6-7(11)10(4)9(2,3)8(12)13/h5-6H2,1-4H3,(H,12,13). The molecule has 0 rings (SSSR count). The zero-order valence-corrected chi connectivity index (χ0v) is 8.63. The lowest BCUT2D eigenvalue weighted by Crippen LogP contribution is -2.50. The van der Waals surface area contributed by atoms with Crippen LogP contribution in [0.25, 0.3) is 0 Å². The van der Waals surface area contributed by atoms with Crippen LogP contribution in [0, 0.1) is 0 Å². The fourth-order valence-electron chi connectivity index (χ4n) is 0.837. The van der Waals surface area contributed by atoms with Crippen LogP contribution in [0.2, 0.25) is 0 Å². The number of hydrogen-bond donors (Lipinski definition) is 1. The Morgan fingerprint density at radius 1 is 1.38 bits per heavy atom. The van der Waals surface area contributed by atoms with E-state index >= 15 is 0 Å². The maximum Gasteiger partial charge on any atom is 0.329 e. The van der Waals surface area contributed by atoms with Crippen molar-refractivity contribution in [1.82, 2.24) is 4.90 Å². The van der Waals surface area contributed by atoms with Crippen LogP contribution >= 0.6 is 0 Å². The summed E-state index contributed by atoms with van der Waals surface area (Å²) in [5, 5.41) is 8.83. The number of amides is 1. The SMILES string of the molecule is CCCC(=O)N(C)C(C)(C)C(=O)O. The highest BCUT2D eigenvalue weighted by molar-refractivity contribution is 5.86. The highest BCUT2D eigenvalue weighted by Gasteiger charge is 2.34. The molecule has 0 atom stereocenters. The van der Waals surface area contributed by atoms with Gasteiger partial charge in [0.1, 0.15) is 5.54 Å². The monoisotopic (exact) mass is 187 g/mol. The van der Waals surface area contributed by atoms with Crippen LogP contribution in [-0.2, 0) is 9.59 Å². The third-order valence-corrected chi connectivity index (χ3v) is 2.20. The second-order valence-corrected chi connectivity index (χ2v) is 3.57. The van der Waals surface area contributed by atoms with Crippen LogP contribution in [0.5, 0.6) is 0 Å². The van der Waals surface area contributed by atoms with Crippen molar-refractivity contribution >= 4 is 11.9 Å². The van der Waals surface area contributed by atoms with Gasteiger partial charge in [-0.25, -0.2) is 4.79 Å².